The molecule has 1 aromatic carbocycles. The molecule has 0 amide bonds. The zero-order valence-corrected chi connectivity index (χ0v) is 8.90. The molecular weight excluding hydrogens is 208 g/mol. The van der Waals surface area contributed by atoms with Crippen molar-refractivity contribution in [2.24, 2.45) is 0 Å². The number of carbonyl (C=O) groups is 2. The number of fused-ring (bicyclic) bond motifs is 1. The molecule has 5 nitrogen and oxygen atoms in total. The largest absolute Gasteiger partial charge is 0.465 e. The number of rotatable bonds is 2. The number of ether oxygens (including phenoxy) is 1. The summed E-state index contributed by atoms with van der Waals surface area (Å²) >= 11 is 0. The fourth-order valence-corrected chi connectivity index (χ4v) is 1.53. The van der Waals surface area contributed by atoms with Crippen molar-refractivity contribution in [2.45, 2.75) is 6.92 Å². The second-order valence-corrected chi connectivity index (χ2v) is 3.38. The topological polar surface area (TPSA) is 72.1 Å². The number of ketones is 1. The Bertz CT molecular complexity index is 572. The maximum Gasteiger partial charge on any atom is 0.337 e. The summed E-state index contributed by atoms with van der Waals surface area (Å²) in [7, 11) is 1.31. The van der Waals surface area contributed by atoms with Gasteiger partial charge in [-0.25, -0.2) is 4.79 Å². The molecule has 1 aromatic heterocycles. The van der Waals surface area contributed by atoms with Gasteiger partial charge in [0.05, 0.1) is 18.2 Å². The molecule has 0 aliphatic rings. The number of Topliss-reactive ketones (excluding diaryl/α,β-unsaturated/α-hetero) is 1. The third-order valence-electron chi connectivity index (χ3n) is 2.32. The van der Waals surface area contributed by atoms with Gasteiger partial charge in [0, 0.05) is 12.3 Å². The maximum atomic E-state index is 11.3. The van der Waals surface area contributed by atoms with E-state index in [1.54, 1.807) is 18.2 Å². The molecule has 2 aromatic rings. The van der Waals surface area contributed by atoms with Crippen LogP contribution in [0.2, 0.25) is 0 Å². The first-order valence-electron chi connectivity index (χ1n) is 4.71. The van der Waals surface area contributed by atoms with Crippen LogP contribution in [0.15, 0.2) is 18.2 Å². The number of esters is 1. The van der Waals surface area contributed by atoms with E-state index in [1.165, 1.54) is 14.0 Å². The maximum absolute atomic E-state index is 11.3. The molecule has 1 N–H and O–H groups in total. The number of H-pyrrole nitrogens is 1. The van der Waals surface area contributed by atoms with Gasteiger partial charge in [0.2, 0.25) is 0 Å². The van der Waals surface area contributed by atoms with E-state index < -0.39 is 5.97 Å². The van der Waals surface area contributed by atoms with E-state index in [0.29, 0.717) is 16.6 Å². The number of aromatic nitrogens is 2. The Morgan fingerprint density at radius 2 is 2.12 bits per heavy atom. The van der Waals surface area contributed by atoms with Gasteiger partial charge in [-0.15, -0.1) is 0 Å². The van der Waals surface area contributed by atoms with Crippen molar-refractivity contribution < 1.29 is 14.3 Å². The molecule has 1 heterocycles. The minimum Gasteiger partial charge on any atom is -0.465 e. The van der Waals surface area contributed by atoms with Crippen molar-refractivity contribution >= 4 is 22.7 Å². The monoisotopic (exact) mass is 218 g/mol. The molecule has 0 radical (unpaired) electrons. The van der Waals surface area contributed by atoms with E-state index in [0.717, 1.165) is 5.52 Å². The summed E-state index contributed by atoms with van der Waals surface area (Å²) < 4.78 is 4.61. The quantitative estimate of drug-likeness (QED) is 0.613. The number of methoxy groups -OCH3 is 1. The van der Waals surface area contributed by atoms with Crippen LogP contribution in [0.1, 0.15) is 27.8 Å². The molecule has 0 unspecified atom stereocenters. The lowest BCUT2D eigenvalue weighted by Gasteiger charge is -1.98. The SMILES string of the molecule is COC(=O)c1ccc2[nH]nc(C(C)=O)c2c1. The van der Waals surface area contributed by atoms with Crippen molar-refractivity contribution in [3.05, 3.63) is 29.5 Å². The zero-order chi connectivity index (χ0) is 11.7. The normalized spacial score (nSPS) is 10.4. The van der Waals surface area contributed by atoms with Crippen LogP contribution in [-0.4, -0.2) is 29.1 Å². The summed E-state index contributed by atoms with van der Waals surface area (Å²) in [5.74, 6) is -0.578. The Balaban J connectivity index is 2.63. The van der Waals surface area contributed by atoms with Crippen LogP contribution < -0.4 is 0 Å². The summed E-state index contributed by atoms with van der Waals surface area (Å²) in [6.07, 6.45) is 0. The van der Waals surface area contributed by atoms with E-state index in [-0.39, 0.29) is 5.78 Å². The van der Waals surface area contributed by atoms with Crippen molar-refractivity contribution in [2.75, 3.05) is 7.11 Å². The molecule has 0 bridgehead atoms. The van der Waals surface area contributed by atoms with Crippen LogP contribution >= 0.6 is 0 Å². The van der Waals surface area contributed by atoms with Gasteiger partial charge in [-0.1, -0.05) is 0 Å². The third-order valence-corrected chi connectivity index (χ3v) is 2.32. The number of hydrogen-bond acceptors (Lipinski definition) is 4. The second kappa shape index (κ2) is 3.77. The molecule has 0 spiro atoms. The predicted molar refractivity (Wildman–Crippen MR) is 57.4 cm³/mol. The highest BCUT2D eigenvalue weighted by atomic mass is 16.5. The minimum absolute atomic E-state index is 0.145. The van der Waals surface area contributed by atoms with Gasteiger partial charge in [-0.2, -0.15) is 5.10 Å². The Hall–Kier alpha value is -2.17. The third kappa shape index (κ3) is 1.56. The summed E-state index contributed by atoms with van der Waals surface area (Å²) in [4.78, 5) is 22.6. The molecule has 0 aliphatic carbocycles. The molecular formula is C11H10N2O3. The summed E-state index contributed by atoms with van der Waals surface area (Å²) in [5.41, 5.74) is 1.46. The molecule has 82 valence electrons. The van der Waals surface area contributed by atoms with Crippen molar-refractivity contribution in [1.82, 2.24) is 10.2 Å². The van der Waals surface area contributed by atoms with Gasteiger partial charge in [-0.3, -0.25) is 9.89 Å². The standard InChI is InChI=1S/C11H10N2O3/c1-6(14)10-8-5-7(11(15)16-2)3-4-9(8)12-13-10/h3-5H,1-2H3,(H,12,13). The first-order valence-corrected chi connectivity index (χ1v) is 4.71. The number of nitrogens with one attached hydrogen (secondary N) is 1. The Labute approximate surface area is 91.4 Å². The highest BCUT2D eigenvalue weighted by Crippen LogP contribution is 2.18. The summed E-state index contributed by atoms with van der Waals surface area (Å²) in [6, 6.07) is 4.92. The molecule has 0 saturated heterocycles. The van der Waals surface area contributed by atoms with Crippen molar-refractivity contribution in [3.8, 4) is 0 Å². The highest BCUT2D eigenvalue weighted by molar-refractivity contribution is 6.06. The van der Waals surface area contributed by atoms with Crippen LogP contribution in [-0.2, 0) is 4.74 Å². The average molecular weight is 218 g/mol. The highest BCUT2D eigenvalue weighted by Gasteiger charge is 2.13. The van der Waals surface area contributed by atoms with Crippen LogP contribution in [0.4, 0.5) is 0 Å². The van der Waals surface area contributed by atoms with E-state index in [4.69, 9.17) is 0 Å². The van der Waals surface area contributed by atoms with E-state index >= 15 is 0 Å². The summed E-state index contributed by atoms with van der Waals surface area (Å²) in [6.45, 7) is 1.43. The number of hydrogen-bond donors (Lipinski definition) is 1. The molecule has 2 rings (SSSR count). The number of benzene rings is 1. The van der Waals surface area contributed by atoms with Crippen LogP contribution in [0, 0.1) is 0 Å². The van der Waals surface area contributed by atoms with Gasteiger partial charge in [0.1, 0.15) is 5.69 Å². The Kier molecular flexibility index (Phi) is 2.44. The van der Waals surface area contributed by atoms with Gasteiger partial charge in [0.15, 0.2) is 5.78 Å². The Morgan fingerprint density at radius 3 is 2.75 bits per heavy atom. The molecule has 0 aliphatic heterocycles. The predicted octanol–water partition coefficient (Wildman–Crippen LogP) is 1.55. The van der Waals surface area contributed by atoms with E-state index in [2.05, 4.69) is 14.9 Å². The van der Waals surface area contributed by atoms with Gasteiger partial charge >= 0.3 is 5.97 Å². The average Bonchev–Trinajstić information content (AvgIpc) is 2.70. The van der Waals surface area contributed by atoms with Gasteiger partial charge in [-0.05, 0) is 18.2 Å². The molecule has 5 heteroatoms. The van der Waals surface area contributed by atoms with Crippen LogP contribution in [0.25, 0.3) is 10.9 Å². The number of carbonyl (C=O) groups excluding carboxylic acids is 2. The van der Waals surface area contributed by atoms with E-state index in [9.17, 15) is 9.59 Å². The molecule has 0 atom stereocenters. The lowest BCUT2D eigenvalue weighted by molar-refractivity contribution is 0.0600. The first-order chi connectivity index (χ1) is 7.63. The summed E-state index contributed by atoms with van der Waals surface area (Å²) in [5, 5.41) is 7.26. The van der Waals surface area contributed by atoms with Gasteiger partial charge < -0.3 is 4.74 Å². The smallest absolute Gasteiger partial charge is 0.337 e. The second-order valence-electron chi connectivity index (χ2n) is 3.38. The van der Waals surface area contributed by atoms with Crippen molar-refractivity contribution in [3.63, 3.8) is 0 Å². The minimum atomic E-state index is -0.433. The number of nitrogens with zero attached hydrogens (tertiary/aromatic N) is 1. The fourth-order valence-electron chi connectivity index (χ4n) is 1.53. The molecule has 16 heavy (non-hydrogen) atoms. The lowest BCUT2D eigenvalue weighted by atomic mass is 10.1. The Morgan fingerprint density at radius 1 is 1.38 bits per heavy atom. The lowest BCUT2D eigenvalue weighted by Crippen LogP contribution is -2.01. The van der Waals surface area contributed by atoms with Crippen LogP contribution in [0.3, 0.4) is 0 Å². The van der Waals surface area contributed by atoms with Gasteiger partial charge in [0.25, 0.3) is 0 Å². The first kappa shape index (κ1) is 10.4. The van der Waals surface area contributed by atoms with Crippen LogP contribution in [0.5, 0.6) is 0 Å². The fraction of sp³-hybridized carbons (Fsp3) is 0.182. The molecule has 0 fully saturated rings. The van der Waals surface area contributed by atoms with E-state index in [1.807, 2.05) is 0 Å². The number of aromatic amines is 1. The zero-order valence-electron chi connectivity index (χ0n) is 8.90. The molecule has 0 saturated carbocycles. The van der Waals surface area contributed by atoms with Crippen molar-refractivity contribution in [1.29, 1.82) is 0 Å².